The van der Waals surface area contributed by atoms with Gasteiger partial charge in [0, 0.05) is 29.9 Å². The minimum absolute atomic E-state index is 0.114. The van der Waals surface area contributed by atoms with E-state index in [0.29, 0.717) is 11.1 Å². The summed E-state index contributed by atoms with van der Waals surface area (Å²) in [6, 6.07) is 8.61. The van der Waals surface area contributed by atoms with Crippen LogP contribution in [0.5, 0.6) is 0 Å². The fraction of sp³-hybridized carbons (Fsp3) is 0.241. The van der Waals surface area contributed by atoms with Gasteiger partial charge in [-0.05, 0) is 47.0 Å². The average molecular weight is 595 g/mol. The van der Waals surface area contributed by atoms with Crippen molar-refractivity contribution in [1.29, 1.82) is 0 Å². The molecule has 0 saturated carbocycles. The smallest absolute Gasteiger partial charge is 0.366 e. The number of likely N-dealkylation sites (tertiary alicyclic amines) is 1. The number of rotatable bonds is 6. The highest BCUT2D eigenvalue weighted by Crippen LogP contribution is 2.41. The third-order valence-electron chi connectivity index (χ3n) is 7.60. The molecule has 1 fully saturated rings. The van der Waals surface area contributed by atoms with E-state index in [2.05, 4.69) is 20.7 Å². The summed E-state index contributed by atoms with van der Waals surface area (Å²) >= 11 is 0. The van der Waals surface area contributed by atoms with Crippen molar-refractivity contribution in [3.05, 3.63) is 77.6 Å². The number of alkyl halides is 4. The summed E-state index contributed by atoms with van der Waals surface area (Å²) in [4.78, 5) is 40.0. The van der Waals surface area contributed by atoms with Crippen LogP contribution in [0.3, 0.4) is 0 Å². The number of primary amides is 1. The summed E-state index contributed by atoms with van der Waals surface area (Å²) in [6.07, 6.45) is -1.83. The minimum atomic E-state index is -4.60. The van der Waals surface area contributed by atoms with E-state index < -0.39 is 47.6 Å². The molecule has 0 radical (unpaired) electrons. The van der Waals surface area contributed by atoms with Crippen LogP contribution in [0.25, 0.3) is 27.7 Å². The summed E-state index contributed by atoms with van der Waals surface area (Å²) < 4.78 is 58.6. The number of carbonyl (C=O) groups is 3. The van der Waals surface area contributed by atoms with Gasteiger partial charge in [-0.3, -0.25) is 14.4 Å². The fourth-order valence-electron chi connectivity index (χ4n) is 5.54. The zero-order chi connectivity index (χ0) is 30.5. The molecule has 0 spiro atoms. The number of nitrogens with one attached hydrogen (secondary N) is 1. The summed E-state index contributed by atoms with van der Waals surface area (Å²) in [6.45, 7) is -0.328. The van der Waals surface area contributed by atoms with Gasteiger partial charge in [0.2, 0.25) is 17.7 Å². The Bertz CT molecular complexity index is 1790. The lowest BCUT2D eigenvalue weighted by Crippen LogP contribution is -2.43. The first-order chi connectivity index (χ1) is 20.5. The van der Waals surface area contributed by atoms with Crippen LogP contribution >= 0.6 is 0 Å². The van der Waals surface area contributed by atoms with Crippen LogP contribution < -0.4 is 11.1 Å². The molecule has 2 aliphatic rings. The van der Waals surface area contributed by atoms with E-state index in [1.165, 1.54) is 6.20 Å². The number of nitrogens with two attached hydrogens (primary N) is 1. The lowest BCUT2D eigenvalue weighted by molar-refractivity contribution is -0.137. The molecule has 4 aromatic rings. The molecule has 3 amide bonds. The second-order valence-corrected chi connectivity index (χ2v) is 10.3. The number of anilines is 1. The Balaban J connectivity index is 1.21. The van der Waals surface area contributed by atoms with E-state index in [4.69, 9.17) is 10.3 Å². The van der Waals surface area contributed by atoms with E-state index in [-0.39, 0.29) is 41.7 Å². The second kappa shape index (κ2) is 10.6. The maximum absolute atomic E-state index is 14.6. The molecule has 220 valence electrons. The van der Waals surface area contributed by atoms with Crippen molar-refractivity contribution in [3.8, 4) is 11.1 Å². The first kappa shape index (κ1) is 28.0. The van der Waals surface area contributed by atoms with E-state index >= 15 is 0 Å². The van der Waals surface area contributed by atoms with Crippen LogP contribution in [0.4, 0.5) is 23.4 Å². The van der Waals surface area contributed by atoms with Crippen molar-refractivity contribution in [2.45, 2.75) is 37.1 Å². The molecule has 6 rings (SSSR count). The SMILES string of the molecule is NC(=O)C1=CC(CC(=O)N2CC(F)CC2C(=O)Nc2noc3cc(C(F)(F)F)ccc23)c2ccc(-c3ccnnc3)cc21. The third kappa shape index (κ3) is 5.31. The molecule has 2 aromatic carbocycles. The van der Waals surface area contributed by atoms with E-state index in [9.17, 15) is 31.9 Å². The molecule has 0 bridgehead atoms. The van der Waals surface area contributed by atoms with Gasteiger partial charge < -0.3 is 20.5 Å². The molecular formula is C29H22F4N6O4. The van der Waals surface area contributed by atoms with E-state index in [1.54, 1.807) is 30.5 Å². The number of hydrogen-bond acceptors (Lipinski definition) is 7. The Morgan fingerprint density at radius 2 is 1.88 bits per heavy atom. The van der Waals surface area contributed by atoms with Gasteiger partial charge in [0.1, 0.15) is 12.2 Å². The van der Waals surface area contributed by atoms with Crippen molar-refractivity contribution in [2.24, 2.45) is 5.73 Å². The van der Waals surface area contributed by atoms with Gasteiger partial charge in [0.25, 0.3) is 0 Å². The largest absolute Gasteiger partial charge is 0.416 e. The Kier molecular flexibility index (Phi) is 6.90. The number of amides is 3. The number of nitrogens with zero attached hydrogens (tertiary/aromatic N) is 4. The number of allylic oxidation sites excluding steroid dienone is 1. The molecule has 14 heteroatoms. The van der Waals surface area contributed by atoms with Gasteiger partial charge in [-0.1, -0.05) is 23.4 Å². The van der Waals surface area contributed by atoms with Crippen LogP contribution in [-0.2, 0) is 20.6 Å². The molecule has 1 aliphatic carbocycles. The standard InChI is InChI=1S/C29H22F4N6O4/c30-18-11-23(28(42)37-27-20-4-2-17(29(31,32)33)10-24(20)43-38-27)39(13-18)25(40)9-16-8-22(26(34)41)21-7-14(1-3-19(16)21)15-5-6-35-36-12-15/h1-8,10,12,16,18,23H,9,11,13H2,(H2,34,41)(H,37,38,42). The summed E-state index contributed by atoms with van der Waals surface area (Å²) in [5.41, 5.74) is 7.49. The summed E-state index contributed by atoms with van der Waals surface area (Å²) in [7, 11) is 0. The first-order valence-corrected chi connectivity index (χ1v) is 13.1. The van der Waals surface area contributed by atoms with E-state index in [0.717, 1.165) is 34.2 Å². The molecule has 10 nitrogen and oxygen atoms in total. The van der Waals surface area contributed by atoms with Crippen LogP contribution in [0.2, 0.25) is 0 Å². The molecule has 3 atom stereocenters. The van der Waals surface area contributed by atoms with Crippen LogP contribution in [0.1, 0.15) is 35.4 Å². The molecule has 43 heavy (non-hydrogen) atoms. The van der Waals surface area contributed by atoms with E-state index in [1.807, 2.05) is 6.07 Å². The molecular weight excluding hydrogens is 572 g/mol. The lowest BCUT2D eigenvalue weighted by atomic mass is 9.93. The highest BCUT2D eigenvalue weighted by Gasteiger charge is 2.41. The number of benzene rings is 2. The van der Waals surface area contributed by atoms with Crippen molar-refractivity contribution in [2.75, 3.05) is 11.9 Å². The van der Waals surface area contributed by atoms with Crippen molar-refractivity contribution in [1.82, 2.24) is 20.3 Å². The van der Waals surface area contributed by atoms with Gasteiger partial charge in [-0.25, -0.2) is 4.39 Å². The molecule has 1 saturated heterocycles. The topological polar surface area (TPSA) is 144 Å². The lowest BCUT2D eigenvalue weighted by Gasteiger charge is -2.24. The van der Waals surface area contributed by atoms with Crippen molar-refractivity contribution < 1.29 is 36.5 Å². The molecule has 3 N–H and O–H groups in total. The Morgan fingerprint density at radius 3 is 2.60 bits per heavy atom. The third-order valence-corrected chi connectivity index (χ3v) is 7.60. The summed E-state index contributed by atoms with van der Waals surface area (Å²) in [5, 5.41) is 13.8. The number of hydrogen-bond donors (Lipinski definition) is 2. The van der Waals surface area contributed by atoms with Crippen LogP contribution in [0.15, 0.2) is 65.5 Å². The zero-order valence-electron chi connectivity index (χ0n) is 22.1. The van der Waals surface area contributed by atoms with Crippen LogP contribution in [-0.4, -0.2) is 56.7 Å². The number of halogens is 4. The van der Waals surface area contributed by atoms with Crippen molar-refractivity contribution in [3.63, 3.8) is 0 Å². The van der Waals surface area contributed by atoms with Crippen molar-refractivity contribution >= 4 is 40.1 Å². The maximum Gasteiger partial charge on any atom is 0.416 e. The van der Waals surface area contributed by atoms with Gasteiger partial charge in [-0.15, -0.1) is 0 Å². The number of aromatic nitrogens is 3. The fourth-order valence-corrected chi connectivity index (χ4v) is 5.54. The molecule has 2 aromatic heterocycles. The minimum Gasteiger partial charge on any atom is -0.366 e. The van der Waals surface area contributed by atoms with Gasteiger partial charge in [-0.2, -0.15) is 23.4 Å². The van der Waals surface area contributed by atoms with Gasteiger partial charge in [0.15, 0.2) is 11.4 Å². The average Bonchev–Trinajstić information content (AvgIpc) is 3.68. The highest BCUT2D eigenvalue weighted by atomic mass is 19.4. The molecule has 3 heterocycles. The highest BCUT2D eigenvalue weighted by molar-refractivity contribution is 6.21. The predicted octanol–water partition coefficient (Wildman–Crippen LogP) is 4.24. The normalized spacial score (nSPS) is 19.8. The quantitative estimate of drug-likeness (QED) is 0.318. The molecule has 3 unspecified atom stereocenters. The number of fused-ring (bicyclic) bond motifs is 2. The van der Waals surface area contributed by atoms with Crippen LogP contribution in [0, 0.1) is 0 Å². The Morgan fingerprint density at radius 1 is 1.07 bits per heavy atom. The summed E-state index contributed by atoms with van der Waals surface area (Å²) in [5.74, 6) is -2.67. The van der Waals surface area contributed by atoms with Gasteiger partial charge in [0.05, 0.1) is 29.9 Å². The predicted molar refractivity (Wildman–Crippen MR) is 145 cm³/mol. The Labute approximate surface area is 240 Å². The number of carbonyl (C=O) groups excluding carboxylic acids is 3. The maximum atomic E-state index is 14.6. The monoisotopic (exact) mass is 594 g/mol. The van der Waals surface area contributed by atoms with Gasteiger partial charge >= 0.3 is 6.18 Å². The molecule has 1 aliphatic heterocycles. The second-order valence-electron chi connectivity index (χ2n) is 10.3. The Hall–Kier alpha value is -5.14. The first-order valence-electron chi connectivity index (χ1n) is 13.1. The zero-order valence-corrected chi connectivity index (χ0v) is 22.1.